The highest BCUT2D eigenvalue weighted by molar-refractivity contribution is 5.80. The third-order valence-corrected chi connectivity index (χ3v) is 6.98. The number of benzene rings is 2. The van der Waals surface area contributed by atoms with Gasteiger partial charge in [0, 0.05) is 58.9 Å². The van der Waals surface area contributed by atoms with Gasteiger partial charge in [-0.15, -0.1) is 0 Å². The molecule has 0 aliphatic carbocycles. The van der Waals surface area contributed by atoms with E-state index in [4.69, 9.17) is 4.74 Å². The number of carbonyl (C=O) groups excluding carboxylic acids is 2. The summed E-state index contributed by atoms with van der Waals surface area (Å²) in [7, 11) is 1.68. The minimum absolute atomic E-state index is 0.174. The molecule has 2 fully saturated rings. The zero-order valence-corrected chi connectivity index (χ0v) is 20.4. The highest BCUT2D eigenvalue weighted by Gasteiger charge is 2.26. The summed E-state index contributed by atoms with van der Waals surface area (Å²) in [5.74, 6) is 1.24. The molecular weight excluding hydrogens is 428 g/mol. The minimum Gasteiger partial charge on any atom is -0.497 e. The van der Waals surface area contributed by atoms with E-state index in [0.717, 1.165) is 62.7 Å². The molecule has 0 spiro atoms. The Kier molecular flexibility index (Phi) is 8.19. The molecule has 0 aromatic heterocycles. The van der Waals surface area contributed by atoms with Gasteiger partial charge in [0.2, 0.25) is 11.8 Å². The molecule has 7 heteroatoms. The number of hydrogen-bond acceptors (Lipinski definition) is 5. The Morgan fingerprint density at radius 3 is 1.97 bits per heavy atom. The van der Waals surface area contributed by atoms with E-state index in [1.807, 2.05) is 53.1 Å². The normalized spacial score (nSPS) is 17.6. The fraction of sp³-hybridized carbons (Fsp3) is 0.481. The molecule has 34 heavy (non-hydrogen) atoms. The third-order valence-electron chi connectivity index (χ3n) is 6.98. The summed E-state index contributed by atoms with van der Waals surface area (Å²) in [4.78, 5) is 34.1. The van der Waals surface area contributed by atoms with Crippen molar-refractivity contribution in [1.82, 2.24) is 19.6 Å². The van der Waals surface area contributed by atoms with Gasteiger partial charge in [0.1, 0.15) is 5.75 Å². The molecule has 0 radical (unpaired) electrons. The Morgan fingerprint density at radius 1 is 0.765 bits per heavy atom. The van der Waals surface area contributed by atoms with Crippen molar-refractivity contribution in [3.8, 4) is 5.75 Å². The van der Waals surface area contributed by atoms with E-state index in [9.17, 15) is 9.59 Å². The predicted molar refractivity (Wildman–Crippen MR) is 133 cm³/mol. The molecule has 2 saturated heterocycles. The van der Waals surface area contributed by atoms with Crippen molar-refractivity contribution in [2.24, 2.45) is 0 Å². The molecular formula is C27H36N4O3. The lowest BCUT2D eigenvalue weighted by molar-refractivity contribution is -0.136. The van der Waals surface area contributed by atoms with Crippen LogP contribution in [0.4, 0.5) is 0 Å². The summed E-state index contributed by atoms with van der Waals surface area (Å²) in [6, 6.07) is 16.2. The maximum atomic E-state index is 12.9. The van der Waals surface area contributed by atoms with E-state index in [1.54, 1.807) is 7.11 Å². The van der Waals surface area contributed by atoms with Gasteiger partial charge in [-0.1, -0.05) is 36.4 Å². The van der Waals surface area contributed by atoms with Crippen molar-refractivity contribution in [2.45, 2.75) is 19.9 Å². The van der Waals surface area contributed by atoms with Crippen molar-refractivity contribution in [3.05, 3.63) is 65.2 Å². The Hall–Kier alpha value is -2.90. The average Bonchev–Trinajstić information content (AvgIpc) is 2.87. The summed E-state index contributed by atoms with van der Waals surface area (Å²) in [5, 5.41) is 0. The number of ether oxygens (including phenoxy) is 1. The second-order valence-corrected chi connectivity index (χ2v) is 9.27. The largest absolute Gasteiger partial charge is 0.497 e. The van der Waals surface area contributed by atoms with Gasteiger partial charge in [0.25, 0.3) is 0 Å². The van der Waals surface area contributed by atoms with Crippen LogP contribution < -0.4 is 4.74 Å². The predicted octanol–water partition coefficient (Wildman–Crippen LogP) is 2.03. The molecule has 2 aromatic rings. The zero-order valence-electron chi connectivity index (χ0n) is 20.4. The molecule has 2 aliphatic rings. The van der Waals surface area contributed by atoms with E-state index < -0.39 is 0 Å². The van der Waals surface area contributed by atoms with Crippen LogP contribution in [-0.2, 0) is 22.6 Å². The van der Waals surface area contributed by atoms with Gasteiger partial charge in [0.15, 0.2) is 0 Å². The molecule has 4 rings (SSSR count). The van der Waals surface area contributed by atoms with Crippen molar-refractivity contribution in [1.29, 1.82) is 0 Å². The second kappa shape index (κ2) is 11.5. The molecule has 0 atom stereocenters. The number of rotatable bonds is 7. The van der Waals surface area contributed by atoms with Gasteiger partial charge < -0.3 is 14.5 Å². The summed E-state index contributed by atoms with van der Waals surface area (Å²) in [5.41, 5.74) is 3.51. The monoisotopic (exact) mass is 464 g/mol. The maximum absolute atomic E-state index is 12.9. The Morgan fingerprint density at radius 2 is 1.35 bits per heavy atom. The van der Waals surface area contributed by atoms with Crippen LogP contribution in [0.15, 0.2) is 48.5 Å². The molecule has 2 aliphatic heterocycles. The lowest BCUT2D eigenvalue weighted by Crippen LogP contribution is -2.54. The van der Waals surface area contributed by atoms with Crippen molar-refractivity contribution in [3.63, 3.8) is 0 Å². The molecule has 0 saturated carbocycles. The maximum Gasteiger partial charge on any atom is 0.236 e. The van der Waals surface area contributed by atoms with Crippen LogP contribution in [0.2, 0.25) is 0 Å². The Balaban J connectivity index is 1.16. The number of amides is 2. The quantitative estimate of drug-likeness (QED) is 0.628. The molecule has 0 unspecified atom stereocenters. The molecule has 2 heterocycles. The van der Waals surface area contributed by atoms with E-state index in [0.29, 0.717) is 26.1 Å². The van der Waals surface area contributed by atoms with Crippen LogP contribution >= 0.6 is 0 Å². The number of nitrogens with zero attached hydrogens (tertiary/aromatic N) is 4. The van der Waals surface area contributed by atoms with Gasteiger partial charge in [-0.3, -0.25) is 19.4 Å². The fourth-order valence-corrected chi connectivity index (χ4v) is 4.67. The average molecular weight is 465 g/mol. The van der Waals surface area contributed by atoms with Gasteiger partial charge in [0.05, 0.1) is 20.1 Å². The number of aryl methyl sites for hydroxylation is 1. The smallest absolute Gasteiger partial charge is 0.236 e. The summed E-state index contributed by atoms with van der Waals surface area (Å²) in [6.07, 6.45) is 0.451. The van der Waals surface area contributed by atoms with E-state index >= 15 is 0 Å². The first-order chi connectivity index (χ1) is 16.5. The van der Waals surface area contributed by atoms with Crippen molar-refractivity contribution < 1.29 is 14.3 Å². The van der Waals surface area contributed by atoms with E-state index in [1.165, 1.54) is 5.56 Å². The summed E-state index contributed by atoms with van der Waals surface area (Å²) in [6.45, 7) is 9.58. The van der Waals surface area contributed by atoms with Crippen LogP contribution in [0.3, 0.4) is 0 Å². The first-order valence-corrected chi connectivity index (χ1v) is 12.2. The van der Waals surface area contributed by atoms with E-state index in [2.05, 4.69) is 21.9 Å². The lowest BCUT2D eigenvalue weighted by Gasteiger charge is -2.38. The topological polar surface area (TPSA) is 56.3 Å². The molecule has 2 amide bonds. The van der Waals surface area contributed by atoms with Gasteiger partial charge in [-0.25, -0.2) is 0 Å². The Labute approximate surface area is 202 Å². The van der Waals surface area contributed by atoms with Crippen molar-refractivity contribution >= 4 is 11.8 Å². The first kappa shape index (κ1) is 24.2. The molecule has 0 bridgehead atoms. The van der Waals surface area contributed by atoms with Crippen LogP contribution in [0.5, 0.6) is 5.75 Å². The number of piperazine rings is 2. The Bertz CT molecular complexity index is 962. The van der Waals surface area contributed by atoms with Gasteiger partial charge in [-0.05, 0) is 35.7 Å². The molecule has 7 nitrogen and oxygen atoms in total. The zero-order chi connectivity index (χ0) is 23.9. The van der Waals surface area contributed by atoms with Crippen LogP contribution in [0, 0.1) is 6.92 Å². The number of hydrogen-bond donors (Lipinski definition) is 0. The molecule has 2 aromatic carbocycles. The third kappa shape index (κ3) is 6.36. The summed E-state index contributed by atoms with van der Waals surface area (Å²) < 4.78 is 5.23. The first-order valence-electron chi connectivity index (χ1n) is 12.2. The second-order valence-electron chi connectivity index (χ2n) is 9.27. The van der Waals surface area contributed by atoms with Crippen LogP contribution in [0.25, 0.3) is 0 Å². The lowest BCUT2D eigenvalue weighted by atomic mass is 10.1. The number of carbonyl (C=O) groups is 2. The van der Waals surface area contributed by atoms with Crippen LogP contribution in [-0.4, -0.2) is 97.4 Å². The van der Waals surface area contributed by atoms with Gasteiger partial charge >= 0.3 is 0 Å². The molecule has 0 N–H and O–H groups in total. The standard InChI is InChI=1S/C27H36N4O3/c1-22-5-3-4-6-24(22)19-26(32)30-15-13-29(14-16-30)21-27(33)31-17-11-28(12-18-31)20-23-7-9-25(34-2)10-8-23/h3-10H,11-21H2,1-2H3. The highest BCUT2D eigenvalue weighted by atomic mass is 16.5. The minimum atomic E-state index is 0.174. The van der Waals surface area contributed by atoms with E-state index in [-0.39, 0.29) is 11.8 Å². The van der Waals surface area contributed by atoms with Crippen molar-refractivity contribution in [2.75, 3.05) is 66.0 Å². The SMILES string of the molecule is COc1ccc(CN2CCN(C(=O)CN3CCN(C(=O)Cc4ccccc4C)CC3)CC2)cc1. The molecule has 182 valence electrons. The van der Waals surface area contributed by atoms with Gasteiger partial charge in [-0.2, -0.15) is 0 Å². The number of methoxy groups -OCH3 is 1. The van der Waals surface area contributed by atoms with Crippen LogP contribution in [0.1, 0.15) is 16.7 Å². The summed E-state index contributed by atoms with van der Waals surface area (Å²) >= 11 is 0. The fourth-order valence-electron chi connectivity index (χ4n) is 4.67. The highest BCUT2D eigenvalue weighted by Crippen LogP contribution is 2.15.